The van der Waals surface area contributed by atoms with Crippen LogP contribution in [0.2, 0.25) is 0 Å². The minimum Gasteiger partial charge on any atom is -0.134 e. The van der Waals surface area contributed by atoms with E-state index in [-0.39, 0.29) is 0 Å². The van der Waals surface area contributed by atoms with Gasteiger partial charge in [0.15, 0.2) is 0 Å². The molecule has 0 radical (unpaired) electrons. The summed E-state index contributed by atoms with van der Waals surface area (Å²) >= 11 is 1.92. The molecule has 9 aromatic carbocycles. The summed E-state index contributed by atoms with van der Waals surface area (Å²) in [6.07, 6.45) is 0. The first kappa shape index (κ1) is 29.6. The van der Waals surface area contributed by atoms with Gasteiger partial charge in [-0.2, -0.15) is 0 Å². The van der Waals surface area contributed by atoms with Crippen molar-refractivity contribution in [2.75, 3.05) is 0 Å². The number of fused-ring (bicyclic) bond motifs is 6. The third kappa shape index (κ3) is 5.14. The molecule has 0 nitrogen and oxygen atoms in total. The molecule has 0 unspecified atom stereocenters. The van der Waals surface area contributed by atoms with Gasteiger partial charge in [-0.1, -0.05) is 164 Å². The largest absolute Gasteiger partial charge is 0.134 e. The van der Waals surface area contributed by atoms with E-state index in [1.807, 2.05) is 11.3 Å². The molecule has 238 valence electrons. The Balaban J connectivity index is 1.21. The zero-order chi connectivity index (χ0) is 33.7. The Bertz CT molecular complexity index is 2860. The second kappa shape index (κ2) is 12.2. The van der Waals surface area contributed by atoms with E-state index in [1.165, 1.54) is 97.4 Å². The maximum absolute atomic E-state index is 2.41. The van der Waals surface area contributed by atoms with Gasteiger partial charge in [0.1, 0.15) is 0 Å². The molecule has 10 aromatic rings. The van der Waals surface area contributed by atoms with Crippen LogP contribution in [0.5, 0.6) is 0 Å². The molecule has 0 amide bonds. The SMILES string of the molecule is c1ccc(-c2cc(-c3ccccc3)c3sc4c(-c5ccc(-c6cc7ccccc7c7ccccc67)cc5)cc(-c5ccccc5)cc4c3c2)cc1. The topological polar surface area (TPSA) is 0 Å². The lowest BCUT2D eigenvalue weighted by Gasteiger charge is -2.13. The molecule has 0 atom stereocenters. The van der Waals surface area contributed by atoms with Gasteiger partial charge < -0.3 is 0 Å². The monoisotopic (exact) mass is 664 g/mol. The van der Waals surface area contributed by atoms with Gasteiger partial charge >= 0.3 is 0 Å². The zero-order valence-electron chi connectivity index (χ0n) is 27.9. The van der Waals surface area contributed by atoms with Crippen molar-refractivity contribution in [3.8, 4) is 55.6 Å². The van der Waals surface area contributed by atoms with Gasteiger partial charge in [-0.15, -0.1) is 11.3 Å². The van der Waals surface area contributed by atoms with Crippen LogP contribution in [0.15, 0.2) is 194 Å². The number of thiophene rings is 1. The predicted octanol–water partition coefficient (Wildman–Crippen LogP) is 14.7. The smallest absolute Gasteiger partial charge is 0.0434 e. The Hall–Kier alpha value is -6.28. The Morgan fingerprint density at radius 1 is 0.235 bits per heavy atom. The molecule has 0 saturated heterocycles. The number of hydrogen-bond acceptors (Lipinski definition) is 1. The fourth-order valence-corrected chi connectivity index (χ4v) is 9.08. The highest BCUT2D eigenvalue weighted by Gasteiger charge is 2.18. The molecule has 1 heterocycles. The van der Waals surface area contributed by atoms with Crippen molar-refractivity contribution in [3.63, 3.8) is 0 Å². The van der Waals surface area contributed by atoms with Gasteiger partial charge in [0.2, 0.25) is 0 Å². The highest BCUT2D eigenvalue weighted by atomic mass is 32.1. The van der Waals surface area contributed by atoms with Crippen LogP contribution in [0.3, 0.4) is 0 Å². The second-order valence-corrected chi connectivity index (χ2v) is 14.3. The molecule has 0 spiro atoms. The van der Waals surface area contributed by atoms with E-state index in [4.69, 9.17) is 0 Å². The van der Waals surface area contributed by atoms with Crippen LogP contribution in [-0.4, -0.2) is 0 Å². The van der Waals surface area contributed by atoms with Gasteiger partial charge in [0.25, 0.3) is 0 Å². The molecule has 10 rings (SSSR count). The molecule has 0 aliphatic carbocycles. The minimum absolute atomic E-state index is 1.22. The summed E-state index contributed by atoms with van der Waals surface area (Å²) in [5.41, 5.74) is 12.4. The van der Waals surface area contributed by atoms with Crippen molar-refractivity contribution in [1.29, 1.82) is 0 Å². The van der Waals surface area contributed by atoms with Crippen LogP contribution in [0.4, 0.5) is 0 Å². The average Bonchev–Trinajstić information content (AvgIpc) is 3.59. The highest BCUT2D eigenvalue weighted by molar-refractivity contribution is 7.27. The summed E-state index contributed by atoms with van der Waals surface area (Å²) in [6.45, 7) is 0. The maximum Gasteiger partial charge on any atom is 0.0434 e. The highest BCUT2D eigenvalue weighted by Crippen LogP contribution is 2.47. The van der Waals surface area contributed by atoms with Gasteiger partial charge in [-0.25, -0.2) is 0 Å². The van der Waals surface area contributed by atoms with Crippen LogP contribution in [-0.2, 0) is 0 Å². The Morgan fingerprint density at radius 2 is 0.647 bits per heavy atom. The van der Waals surface area contributed by atoms with Gasteiger partial charge in [0.05, 0.1) is 0 Å². The number of hydrogen-bond donors (Lipinski definition) is 0. The first-order chi connectivity index (χ1) is 25.3. The lowest BCUT2D eigenvalue weighted by molar-refractivity contribution is 1.62. The van der Waals surface area contributed by atoms with Crippen LogP contribution >= 0.6 is 11.3 Å². The fraction of sp³-hybridized carbons (Fsp3) is 0. The van der Waals surface area contributed by atoms with Crippen molar-refractivity contribution in [3.05, 3.63) is 194 Å². The average molecular weight is 665 g/mol. The standard InChI is InChI=1S/C50H32S/c1-4-14-33(15-5-1)39-29-45(35-18-8-3-9-19-35)49-47(31-39)48-32-40(34-16-6-2-7-17-34)30-46(50(48)51-49)37-26-24-36(25-27-37)44-28-38-20-10-11-21-41(38)42-22-12-13-23-43(42)44/h1-32H. The lowest BCUT2D eigenvalue weighted by atomic mass is 9.91. The maximum atomic E-state index is 2.41. The summed E-state index contributed by atoms with van der Waals surface area (Å²) in [7, 11) is 0. The van der Waals surface area contributed by atoms with Crippen LogP contribution in [0.25, 0.3) is 97.4 Å². The molecule has 1 heteroatoms. The lowest BCUT2D eigenvalue weighted by Crippen LogP contribution is -1.86. The Labute approximate surface area is 301 Å². The zero-order valence-corrected chi connectivity index (χ0v) is 28.7. The van der Waals surface area contributed by atoms with Crippen LogP contribution < -0.4 is 0 Å². The first-order valence-corrected chi connectivity index (χ1v) is 18.3. The minimum atomic E-state index is 1.22. The predicted molar refractivity (Wildman–Crippen MR) is 222 cm³/mol. The van der Waals surface area contributed by atoms with Crippen LogP contribution in [0, 0.1) is 0 Å². The fourth-order valence-electron chi connectivity index (χ4n) is 7.74. The summed E-state index contributed by atoms with van der Waals surface area (Å²) in [6, 6.07) is 71.1. The van der Waals surface area contributed by atoms with Gasteiger partial charge in [-0.05, 0) is 96.4 Å². The summed E-state index contributed by atoms with van der Waals surface area (Å²) in [5, 5.41) is 7.73. The molecular formula is C50H32S. The van der Waals surface area contributed by atoms with E-state index < -0.39 is 0 Å². The van der Waals surface area contributed by atoms with E-state index >= 15 is 0 Å². The van der Waals surface area contributed by atoms with Gasteiger partial charge in [-0.3, -0.25) is 0 Å². The number of benzene rings is 9. The molecule has 0 aliphatic heterocycles. The van der Waals surface area contributed by atoms with E-state index in [1.54, 1.807) is 0 Å². The third-order valence-electron chi connectivity index (χ3n) is 10.2. The van der Waals surface area contributed by atoms with Crippen molar-refractivity contribution < 1.29 is 0 Å². The molecule has 51 heavy (non-hydrogen) atoms. The summed E-state index contributed by atoms with van der Waals surface area (Å²) in [4.78, 5) is 0. The van der Waals surface area contributed by atoms with E-state index in [9.17, 15) is 0 Å². The molecular weight excluding hydrogens is 633 g/mol. The molecule has 1 aromatic heterocycles. The van der Waals surface area contributed by atoms with Crippen LogP contribution in [0.1, 0.15) is 0 Å². The van der Waals surface area contributed by atoms with Crippen molar-refractivity contribution >= 4 is 53.1 Å². The van der Waals surface area contributed by atoms with Crippen molar-refractivity contribution in [2.24, 2.45) is 0 Å². The molecule has 0 saturated carbocycles. The van der Waals surface area contributed by atoms with E-state index in [0.717, 1.165) is 0 Å². The van der Waals surface area contributed by atoms with Crippen molar-refractivity contribution in [2.45, 2.75) is 0 Å². The number of rotatable bonds is 5. The normalized spacial score (nSPS) is 11.5. The van der Waals surface area contributed by atoms with Gasteiger partial charge in [0, 0.05) is 31.3 Å². The molecule has 0 bridgehead atoms. The van der Waals surface area contributed by atoms with E-state index in [0.29, 0.717) is 0 Å². The first-order valence-electron chi connectivity index (χ1n) is 17.5. The quantitative estimate of drug-likeness (QED) is 0.161. The molecule has 0 aliphatic rings. The third-order valence-corrected chi connectivity index (χ3v) is 11.5. The Morgan fingerprint density at radius 3 is 1.20 bits per heavy atom. The molecule has 0 N–H and O–H groups in total. The summed E-state index contributed by atoms with van der Waals surface area (Å²) in [5.74, 6) is 0. The van der Waals surface area contributed by atoms with Crippen molar-refractivity contribution in [1.82, 2.24) is 0 Å². The molecule has 0 fully saturated rings. The summed E-state index contributed by atoms with van der Waals surface area (Å²) < 4.78 is 2.64. The Kier molecular flexibility index (Phi) is 7.11. The van der Waals surface area contributed by atoms with E-state index in [2.05, 4.69) is 194 Å². The second-order valence-electron chi connectivity index (χ2n) is 13.3.